The Morgan fingerprint density at radius 1 is 0.952 bits per heavy atom. The molecule has 2 aromatic rings. The van der Waals surface area contributed by atoms with Gasteiger partial charge in [0.1, 0.15) is 5.75 Å². The standard InChI is InChI=1S/C14H14N2O4S/c1-21(18,19)16-12-9-7-11(8-10-12)15-14(17)20-13-5-3-2-4-6-13/h2-10,16H,1H3,(H,15,17). The van der Waals surface area contributed by atoms with Crippen LogP contribution in [0, 0.1) is 0 Å². The van der Waals surface area contributed by atoms with Crippen molar-refractivity contribution in [2.45, 2.75) is 0 Å². The summed E-state index contributed by atoms with van der Waals surface area (Å²) in [4.78, 5) is 11.7. The molecule has 0 radical (unpaired) electrons. The zero-order chi connectivity index (χ0) is 15.3. The van der Waals surface area contributed by atoms with Gasteiger partial charge in [0.05, 0.1) is 6.26 Å². The van der Waals surface area contributed by atoms with E-state index in [0.29, 0.717) is 17.1 Å². The van der Waals surface area contributed by atoms with E-state index in [9.17, 15) is 13.2 Å². The number of rotatable bonds is 4. The molecule has 2 rings (SSSR count). The van der Waals surface area contributed by atoms with Gasteiger partial charge < -0.3 is 4.74 Å². The predicted molar refractivity (Wildman–Crippen MR) is 81.0 cm³/mol. The molecule has 0 bridgehead atoms. The van der Waals surface area contributed by atoms with Crippen molar-refractivity contribution < 1.29 is 17.9 Å². The number of benzene rings is 2. The maximum atomic E-state index is 11.7. The molecule has 0 heterocycles. The van der Waals surface area contributed by atoms with Gasteiger partial charge in [-0.15, -0.1) is 0 Å². The Kier molecular flexibility index (Phi) is 4.44. The van der Waals surface area contributed by atoms with Crippen LogP contribution in [0.25, 0.3) is 0 Å². The lowest BCUT2D eigenvalue weighted by Crippen LogP contribution is -2.16. The monoisotopic (exact) mass is 306 g/mol. The maximum absolute atomic E-state index is 11.7. The first-order chi connectivity index (χ1) is 9.92. The molecule has 2 aromatic carbocycles. The highest BCUT2D eigenvalue weighted by Gasteiger charge is 2.06. The second kappa shape index (κ2) is 6.27. The van der Waals surface area contributed by atoms with Gasteiger partial charge in [0.15, 0.2) is 0 Å². The molecule has 110 valence electrons. The van der Waals surface area contributed by atoms with Crippen molar-refractivity contribution in [2.75, 3.05) is 16.3 Å². The second-order valence-electron chi connectivity index (χ2n) is 4.28. The number of ether oxygens (including phenoxy) is 1. The third-order valence-corrected chi connectivity index (χ3v) is 2.99. The minimum Gasteiger partial charge on any atom is -0.410 e. The number of nitrogens with one attached hydrogen (secondary N) is 2. The van der Waals surface area contributed by atoms with Gasteiger partial charge in [-0.3, -0.25) is 10.0 Å². The van der Waals surface area contributed by atoms with Crippen LogP contribution in [0.3, 0.4) is 0 Å². The van der Waals surface area contributed by atoms with Gasteiger partial charge in [-0.2, -0.15) is 0 Å². The Labute approximate surface area is 122 Å². The van der Waals surface area contributed by atoms with Crippen molar-refractivity contribution in [3.63, 3.8) is 0 Å². The molecule has 0 saturated carbocycles. The summed E-state index contributed by atoms with van der Waals surface area (Å²) in [6.07, 6.45) is 0.446. The summed E-state index contributed by atoms with van der Waals surface area (Å²) in [5.74, 6) is 0.436. The summed E-state index contributed by atoms with van der Waals surface area (Å²) in [6, 6.07) is 14.9. The summed E-state index contributed by atoms with van der Waals surface area (Å²) >= 11 is 0. The summed E-state index contributed by atoms with van der Waals surface area (Å²) in [6.45, 7) is 0. The van der Waals surface area contributed by atoms with E-state index in [2.05, 4.69) is 10.0 Å². The summed E-state index contributed by atoms with van der Waals surface area (Å²) in [5.41, 5.74) is 0.912. The minimum atomic E-state index is -3.32. The van der Waals surface area contributed by atoms with Gasteiger partial charge in [-0.05, 0) is 36.4 Å². The van der Waals surface area contributed by atoms with Crippen LogP contribution in [-0.4, -0.2) is 20.8 Å². The number of amides is 1. The van der Waals surface area contributed by atoms with Crippen LogP contribution in [0.4, 0.5) is 16.2 Å². The SMILES string of the molecule is CS(=O)(=O)Nc1ccc(NC(=O)Oc2ccccc2)cc1. The predicted octanol–water partition coefficient (Wildman–Crippen LogP) is 2.67. The van der Waals surface area contributed by atoms with Crippen LogP contribution in [0.1, 0.15) is 0 Å². The Hall–Kier alpha value is -2.54. The molecule has 0 aliphatic rings. The quantitative estimate of drug-likeness (QED) is 0.909. The van der Waals surface area contributed by atoms with Crippen LogP contribution in [-0.2, 0) is 10.0 Å². The number of sulfonamides is 1. The van der Waals surface area contributed by atoms with E-state index in [4.69, 9.17) is 4.74 Å². The highest BCUT2D eigenvalue weighted by Crippen LogP contribution is 2.15. The van der Waals surface area contributed by atoms with Crippen LogP contribution < -0.4 is 14.8 Å². The van der Waals surface area contributed by atoms with Gasteiger partial charge in [-0.1, -0.05) is 18.2 Å². The summed E-state index contributed by atoms with van der Waals surface area (Å²) in [7, 11) is -3.32. The van der Waals surface area contributed by atoms with Crippen molar-refractivity contribution in [1.82, 2.24) is 0 Å². The van der Waals surface area contributed by atoms with E-state index >= 15 is 0 Å². The molecule has 0 saturated heterocycles. The third kappa shape index (κ3) is 5.15. The van der Waals surface area contributed by atoms with Gasteiger partial charge >= 0.3 is 6.09 Å². The Morgan fingerprint density at radius 3 is 2.10 bits per heavy atom. The Bertz CT molecular complexity index is 712. The van der Waals surface area contributed by atoms with Crippen LogP contribution in [0.5, 0.6) is 5.75 Å². The topological polar surface area (TPSA) is 84.5 Å². The average Bonchev–Trinajstić information content (AvgIpc) is 2.40. The van der Waals surface area contributed by atoms with Gasteiger partial charge in [-0.25, -0.2) is 13.2 Å². The Morgan fingerprint density at radius 2 is 1.52 bits per heavy atom. The van der Waals surface area contributed by atoms with Crippen LogP contribution in [0.15, 0.2) is 54.6 Å². The first-order valence-electron chi connectivity index (χ1n) is 6.04. The van der Waals surface area contributed by atoms with Crippen LogP contribution >= 0.6 is 0 Å². The molecule has 0 unspecified atom stereocenters. The average molecular weight is 306 g/mol. The first-order valence-corrected chi connectivity index (χ1v) is 7.93. The van der Waals surface area contributed by atoms with Crippen molar-refractivity contribution in [2.24, 2.45) is 0 Å². The van der Waals surface area contributed by atoms with Crippen molar-refractivity contribution in [3.05, 3.63) is 54.6 Å². The molecule has 0 aliphatic heterocycles. The maximum Gasteiger partial charge on any atom is 0.417 e. The number of hydrogen-bond donors (Lipinski definition) is 2. The number of anilines is 2. The molecule has 0 aliphatic carbocycles. The molecule has 7 heteroatoms. The lowest BCUT2D eigenvalue weighted by atomic mass is 10.3. The summed E-state index contributed by atoms with van der Waals surface area (Å²) in [5, 5.41) is 2.54. The fraction of sp³-hybridized carbons (Fsp3) is 0.0714. The smallest absolute Gasteiger partial charge is 0.410 e. The third-order valence-electron chi connectivity index (χ3n) is 2.39. The van der Waals surface area contributed by atoms with E-state index in [-0.39, 0.29) is 0 Å². The fourth-order valence-electron chi connectivity index (χ4n) is 1.57. The molecule has 0 spiro atoms. The minimum absolute atomic E-state index is 0.416. The normalized spacial score (nSPS) is 10.7. The van der Waals surface area contributed by atoms with Gasteiger partial charge in [0, 0.05) is 11.4 Å². The highest BCUT2D eigenvalue weighted by molar-refractivity contribution is 7.92. The zero-order valence-electron chi connectivity index (χ0n) is 11.2. The number of carbonyl (C=O) groups excluding carboxylic acids is 1. The lowest BCUT2D eigenvalue weighted by Gasteiger charge is -2.08. The molecule has 0 aromatic heterocycles. The van der Waals surface area contributed by atoms with Crippen molar-refractivity contribution in [3.8, 4) is 5.75 Å². The first kappa shape index (κ1) is 14.9. The molecule has 6 nitrogen and oxygen atoms in total. The molecule has 2 N–H and O–H groups in total. The van der Waals surface area contributed by atoms with E-state index in [0.717, 1.165) is 6.26 Å². The van der Waals surface area contributed by atoms with E-state index < -0.39 is 16.1 Å². The number of carbonyl (C=O) groups is 1. The number of hydrogen-bond acceptors (Lipinski definition) is 4. The zero-order valence-corrected chi connectivity index (χ0v) is 12.1. The Balaban J connectivity index is 1.95. The van der Waals surface area contributed by atoms with Crippen molar-refractivity contribution >= 4 is 27.5 Å². The molecule has 21 heavy (non-hydrogen) atoms. The molecular weight excluding hydrogens is 292 g/mol. The lowest BCUT2D eigenvalue weighted by molar-refractivity contribution is 0.215. The van der Waals surface area contributed by atoms with Crippen molar-refractivity contribution in [1.29, 1.82) is 0 Å². The van der Waals surface area contributed by atoms with E-state index in [1.807, 2.05) is 6.07 Å². The molecular formula is C14H14N2O4S. The van der Waals surface area contributed by atoms with E-state index in [1.54, 1.807) is 48.5 Å². The molecule has 1 amide bonds. The second-order valence-corrected chi connectivity index (χ2v) is 6.03. The number of para-hydroxylation sites is 1. The largest absolute Gasteiger partial charge is 0.417 e. The molecule has 0 fully saturated rings. The van der Waals surface area contributed by atoms with Gasteiger partial charge in [0.2, 0.25) is 10.0 Å². The summed E-state index contributed by atoms with van der Waals surface area (Å²) < 4.78 is 29.5. The fourth-order valence-corrected chi connectivity index (χ4v) is 2.14. The molecule has 0 atom stereocenters. The van der Waals surface area contributed by atoms with Crippen LogP contribution in [0.2, 0.25) is 0 Å². The highest BCUT2D eigenvalue weighted by atomic mass is 32.2. The van der Waals surface area contributed by atoms with E-state index in [1.165, 1.54) is 0 Å². The van der Waals surface area contributed by atoms with Gasteiger partial charge in [0.25, 0.3) is 0 Å².